The quantitative estimate of drug-likeness (QED) is 0.556. The SMILES string of the molecule is C#CCN(Cc1nc2c(oc3ccccc32)c(=O)[nH]1)C1CCc2ccccc21. The van der Waals surface area contributed by atoms with Crippen LogP contribution in [0.15, 0.2) is 57.7 Å². The molecule has 1 aliphatic rings. The third kappa shape index (κ3) is 2.70. The highest BCUT2D eigenvalue weighted by Gasteiger charge is 2.28. The number of para-hydroxylation sites is 1. The van der Waals surface area contributed by atoms with E-state index in [1.54, 1.807) is 0 Å². The van der Waals surface area contributed by atoms with Gasteiger partial charge in [-0.15, -0.1) is 6.42 Å². The highest BCUT2D eigenvalue weighted by molar-refractivity contribution is 6.01. The molecule has 0 aliphatic heterocycles. The normalized spacial score (nSPS) is 15.9. The van der Waals surface area contributed by atoms with Gasteiger partial charge in [0.2, 0.25) is 5.58 Å². The molecule has 0 fully saturated rings. The molecule has 5 nitrogen and oxygen atoms in total. The van der Waals surface area contributed by atoms with Crippen LogP contribution in [0.2, 0.25) is 0 Å². The Morgan fingerprint density at radius 2 is 2.04 bits per heavy atom. The van der Waals surface area contributed by atoms with Crippen LogP contribution < -0.4 is 5.56 Å². The second kappa shape index (κ2) is 6.66. The number of nitrogens with zero attached hydrogens (tertiary/aromatic N) is 2. The fourth-order valence-corrected chi connectivity index (χ4v) is 4.22. The molecule has 0 bridgehead atoms. The van der Waals surface area contributed by atoms with E-state index in [0.717, 1.165) is 18.2 Å². The lowest BCUT2D eigenvalue weighted by Crippen LogP contribution is -2.29. The van der Waals surface area contributed by atoms with Gasteiger partial charge >= 0.3 is 0 Å². The Balaban J connectivity index is 1.55. The van der Waals surface area contributed by atoms with Crippen molar-refractivity contribution in [2.24, 2.45) is 0 Å². The van der Waals surface area contributed by atoms with Crippen molar-refractivity contribution < 1.29 is 4.42 Å². The fraction of sp³-hybridized carbons (Fsp3) is 0.217. The van der Waals surface area contributed by atoms with Crippen molar-refractivity contribution in [1.29, 1.82) is 0 Å². The summed E-state index contributed by atoms with van der Waals surface area (Å²) in [6.45, 7) is 0.973. The maximum Gasteiger partial charge on any atom is 0.294 e. The zero-order valence-corrected chi connectivity index (χ0v) is 15.3. The molecule has 4 aromatic rings. The predicted molar refractivity (Wildman–Crippen MR) is 109 cm³/mol. The average molecular weight is 369 g/mol. The highest BCUT2D eigenvalue weighted by Crippen LogP contribution is 2.36. The summed E-state index contributed by atoms with van der Waals surface area (Å²) in [6, 6.07) is 16.3. The first-order chi connectivity index (χ1) is 13.7. The largest absolute Gasteiger partial charge is 0.449 e. The standard InChI is InChI=1S/C23H19N3O2/c1-2-13-26(18-12-11-15-7-3-4-8-16(15)18)14-20-24-21-17-9-5-6-10-19(17)28-22(21)23(27)25-20/h1,3-10,18H,11-14H2,(H,24,25,27). The Bertz CT molecular complexity index is 1280. The van der Waals surface area contributed by atoms with Crippen LogP contribution in [0.3, 0.4) is 0 Å². The molecule has 0 amide bonds. The van der Waals surface area contributed by atoms with E-state index >= 15 is 0 Å². The van der Waals surface area contributed by atoms with E-state index in [0.29, 0.717) is 30.0 Å². The number of aryl methyl sites for hydroxylation is 1. The number of hydrogen-bond acceptors (Lipinski definition) is 4. The second-order valence-electron chi connectivity index (χ2n) is 7.15. The topological polar surface area (TPSA) is 62.1 Å². The van der Waals surface area contributed by atoms with Crippen molar-refractivity contribution in [3.8, 4) is 12.3 Å². The second-order valence-corrected chi connectivity index (χ2v) is 7.15. The molecule has 1 aliphatic carbocycles. The van der Waals surface area contributed by atoms with Crippen LogP contribution in [0.4, 0.5) is 0 Å². The van der Waals surface area contributed by atoms with Gasteiger partial charge in [0, 0.05) is 11.4 Å². The summed E-state index contributed by atoms with van der Waals surface area (Å²) in [5.74, 6) is 3.36. The van der Waals surface area contributed by atoms with E-state index in [2.05, 4.69) is 40.1 Å². The summed E-state index contributed by atoms with van der Waals surface area (Å²) in [5, 5.41) is 0.847. The van der Waals surface area contributed by atoms with E-state index < -0.39 is 0 Å². The average Bonchev–Trinajstić information content (AvgIpc) is 3.30. The summed E-state index contributed by atoms with van der Waals surface area (Å²) < 4.78 is 5.68. The van der Waals surface area contributed by atoms with E-state index in [1.807, 2.05) is 24.3 Å². The molecule has 1 atom stereocenters. The molecule has 2 heterocycles. The Morgan fingerprint density at radius 1 is 1.21 bits per heavy atom. The summed E-state index contributed by atoms with van der Waals surface area (Å²) in [4.78, 5) is 22.4. The Morgan fingerprint density at radius 3 is 2.93 bits per heavy atom. The minimum atomic E-state index is -0.260. The lowest BCUT2D eigenvalue weighted by molar-refractivity contribution is 0.208. The number of aromatic nitrogens is 2. The molecule has 2 aromatic carbocycles. The van der Waals surface area contributed by atoms with E-state index in [-0.39, 0.29) is 17.2 Å². The number of benzene rings is 2. The smallest absolute Gasteiger partial charge is 0.294 e. The molecule has 2 aromatic heterocycles. The number of H-pyrrole nitrogens is 1. The molecule has 138 valence electrons. The zero-order valence-electron chi connectivity index (χ0n) is 15.3. The molecule has 0 spiro atoms. The number of terminal acetylenes is 1. The van der Waals surface area contributed by atoms with Crippen LogP contribution in [0, 0.1) is 12.3 Å². The Kier molecular flexibility index (Phi) is 4.00. The van der Waals surface area contributed by atoms with Crippen molar-refractivity contribution in [2.45, 2.75) is 25.4 Å². The number of furan rings is 1. The molecule has 1 N–H and O–H groups in total. The van der Waals surface area contributed by atoms with Crippen LogP contribution in [-0.4, -0.2) is 21.4 Å². The summed E-state index contributed by atoms with van der Waals surface area (Å²) in [7, 11) is 0. The van der Waals surface area contributed by atoms with Gasteiger partial charge in [0.05, 0.1) is 13.1 Å². The van der Waals surface area contributed by atoms with Crippen molar-refractivity contribution in [3.05, 3.63) is 75.8 Å². The summed E-state index contributed by atoms with van der Waals surface area (Å²) >= 11 is 0. The number of rotatable bonds is 4. The minimum Gasteiger partial charge on any atom is -0.449 e. The predicted octanol–water partition coefficient (Wildman–Crippen LogP) is 3.79. The van der Waals surface area contributed by atoms with Crippen LogP contribution in [0.5, 0.6) is 0 Å². The van der Waals surface area contributed by atoms with E-state index in [1.165, 1.54) is 11.1 Å². The Labute approximate surface area is 162 Å². The molecule has 1 unspecified atom stereocenters. The molecular formula is C23H19N3O2. The minimum absolute atomic E-state index is 0.231. The monoisotopic (exact) mass is 369 g/mol. The number of fused-ring (bicyclic) bond motifs is 4. The summed E-state index contributed by atoms with van der Waals surface area (Å²) in [6.07, 6.45) is 7.70. The lowest BCUT2D eigenvalue weighted by Gasteiger charge is -2.27. The van der Waals surface area contributed by atoms with Gasteiger partial charge in [-0.3, -0.25) is 9.69 Å². The van der Waals surface area contributed by atoms with Gasteiger partial charge in [-0.1, -0.05) is 42.3 Å². The molecule has 28 heavy (non-hydrogen) atoms. The van der Waals surface area contributed by atoms with Crippen molar-refractivity contribution in [1.82, 2.24) is 14.9 Å². The third-order valence-corrected chi connectivity index (χ3v) is 5.47. The number of aromatic amines is 1. The number of nitrogens with one attached hydrogen (secondary N) is 1. The van der Waals surface area contributed by atoms with Crippen LogP contribution in [-0.2, 0) is 13.0 Å². The van der Waals surface area contributed by atoms with E-state index in [9.17, 15) is 4.79 Å². The van der Waals surface area contributed by atoms with Gasteiger partial charge in [-0.2, -0.15) is 0 Å². The first-order valence-electron chi connectivity index (χ1n) is 9.40. The molecule has 0 saturated carbocycles. The van der Waals surface area contributed by atoms with Crippen LogP contribution >= 0.6 is 0 Å². The molecule has 0 radical (unpaired) electrons. The molecular weight excluding hydrogens is 350 g/mol. The van der Waals surface area contributed by atoms with Crippen LogP contribution in [0.1, 0.15) is 29.4 Å². The van der Waals surface area contributed by atoms with Crippen molar-refractivity contribution >= 4 is 22.1 Å². The maximum atomic E-state index is 12.6. The first-order valence-corrected chi connectivity index (χ1v) is 9.40. The van der Waals surface area contributed by atoms with Gasteiger partial charge in [0.15, 0.2) is 0 Å². The third-order valence-electron chi connectivity index (χ3n) is 5.47. The molecule has 0 saturated heterocycles. The molecule has 5 rings (SSSR count). The van der Waals surface area contributed by atoms with Crippen LogP contribution in [0.25, 0.3) is 22.1 Å². The fourth-order valence-electron chi connectivity index (χ4n) is 4.22. The zero-order chi connectivity index (χ0) is 19.1. The molecule has 5 heteroatoms. The van der Waals surface area contributed by atoms with Gasteiger partial charge in [-0.05, 0) is 36.1 Å². The Hall–Kier alpha value is -3.36. The van der Waals surface area contributed by atoms with Gasteiger partial charge in [-0.25, -0.2) is 4.98 Å². The summed E-state index contributed by atoms with van der Waals surface area (Å²) in [5.41, 5.74) is 3.95. The first kappa shape index (κ1) is 16.8. The van der Waals surface area contributed by atoms with Crippen molar-refractivity contribution in [2.75, 3.05) is 6.54 Å². The van der Waals surface area contributed by atoms with Gasteiger partial charge < -0.3 is 9.40 Å². The van der Waals surface area contributed by atoms with E-state index in [4.69, 9.17) is 15.8 Å². The lowest BCUT2D eigenvalue weighted by atomic mass is 10.1. The van der Waals surface area contributed by atoms with Crippen molar-refractivity contribution in [3.63, 3.8) is 0 Å². The maximum absolute atomic E-state index is 12.6. The van der Waals surface area contributed by atoms with Gasteiger partial charge in [0.1, 0.15) is 16.9 Å². The number of hydrogen-bond donors (Lipinski definition) is 1. The van der Waals surface area contributed by atoms with Gasteiger partial charge in [0.25, 0.3) is 5.56 Å². The highest BCUT2D eigenvalue weighted by atomic mass is 16.3.